The van der Waals surface area contributed by atoms with Gasteiger partial charge in [-0.15, -0.1) is 0 Å². The van der Waals surface area contributed by atoms with E-state index >= 15 is 0 Å². The van der Waals surface area contributed by atoms with E-state index in [9.17, 15) is 19.2 Å². The van der Waals surface area contributed by atoms with Crippen LogP contribution in [0.15, 0.2) is 0 Å². The van der Waals surface area contributed by atoms with E-state index in [1.807, 2.05) is 13.8 Å². The van der Waals surface area contributed by atoms with Gasteiger partial charge in [-0.3, -0.25) is 19.2 Å². The lowest BCUT2D eigenvalue weighted by molar-refractivity contribution is -0.271. The van der Waals surface area contributed by atoms with Crippen molar-refractivity contribution in [2.45, 2.75) is 117 Å². The average molecular weight is 481 g/mol. The van der Waals surface area contributed by atoms with Crippen molar-refractivity contribution >= 4 is 23.7 Å². The lowest BCUT2D eigenvalue weighted by Gasteiger charge is -2.59. The van der Waals surface area contributed by atoms with E-state index in [-0.39, 0.29) is 30.0 Å². The first-order valence-corrected chi connectivity index (χ1v) is 12.4. The van der Waals surface area contributed by atoms with Gasteiger partial charge in [0.15, 0.2) is 0 Å². The van der Waals surface area contributed by atoms with Gasteiger partial charge in [0.1, 0.15) is 28.7 Å². The monoisotopic (exact) mass is 480 g/mol. The smallest absolute Gasteiger partial charge is 0.303 e. The van der Waals surface area contributed by atoms with E-state index in [4.69, 9.17) is 18.9 Å². The third-order valence-corrected chi connectivity index (χ3v) is 8.22. The van der Waals surface area contributed by atoms with Crippen LogP contribution in [-0.4, -0.2) is 52.7 Å². The Morgan fingerprint density at radius 3 is 1.88 bits per heavy atom. The fraction of sp³-hybridized carbons (Fsp3) is 0.846. The summed E-state index contributed by atoms with van der Waals surface area (Å²) in [5.41, 5.74) is -3.19. The quantitative estimate of drug-likeness (QED) is 0.442. The number of fused-ring (bicyclic) bond motifs is 4. The van der Waals surface area contributed by atoms with Gasteiger partial charge in [0, 0.05) is 33.1 Å². The Morgan fingerprint density at radius 2 is 1.35 bits per heavy atom. The van der Waals surface area contributed by atoms with Gasteiger partial charge in [-0.1, -0.05) is 13.8 Å². The highest BCUT2D eigenvalue weighted by Gasteiger charge is 2.64. The third kappa shape index (κ3) is 4.88. The fourth-order valence-corrected chi connectivity index (χ4v) is 6.96. The minimum Gasteiger partial charge on any atom is -0.459 e. The molecule has 0 aromatic rings. The highest BCUT2D eigenvalue weighted by Crippen LogP contribution is 2.55. The summed E-state index contributed by atoms with van der Waals surface area (Å²) in [5, 5.41) is 0. The molecule has 8 atom stereocenters. The molecule has 8 nitrogen and oxygen atoms in total. The van der Waals surface area contributed by atoms with E-state index < -0.39 is 52.8 Å². The molecule has 3 rings (SSSR count). The van der Waals surface area contributed by atoms with Crippen molar-refractivity contribution in [2.75, 3.05) is 0 Å². The number of ether oxygens (including phenoxy) is 4. The molecule has 2 aliphatic heterocycles. The van der Waals surface area contributed by atoms with Crippen LogP contribution in [0, 0.1) is 23.7 Å². The molecule has 2 bridgehead atoms. The Hall–Kier alpha value is -1.96. The number of ketones is 1. The lowest BCUT2D eigenvalue weighted by atomic mass is 9.55. The number of Topliss-reactive ketones (excluding diaryl/α,β-unsaturated/α-hetero) is 1. The third-order valence-electron chi connectivity index (χ3n) is 8.22. The van der Waals surface area contributed by atoms with Crippen molar-refractivity contribution in [2.24, 2.45) is 23.7 Å². The molecule has 1 saturated carbocycles. The SMILES string of the molecule is CC(=O)O[C@]1(C)CC[C@H]2O[C@@H]1[C@@H]1[C@@H](C(C)C)CC[C@@](C)(OC(C)=O)[C@@H]1C(=O)C[C@@]2(C)OC(C)=O. The van der Waals surface area contributed by atoms with Gasteiger partial charge in [-0.05, 0) is 58.3 Å². The number of hydrogen-bond acceptors (Lipinski definition) is 8. The zero-order valence-electron chi connectivity index (χ0n) is 21.8. The van der Waals surface area contributed by atoms with Crippen molar-refractivity contribution in [1.82, 2.24) is 0 Å². The molecular formula is C26H40O8. The fourth-order valence-electron chi connectivity index (χ4n) is 6.96. The van der Waals surface area contributed by atoms with Crippen LogP contribution in [0.2, 0.25) is 0 Å². The van der Waals surface area contributed by atoms with Gasteiger partial charge in [0.05, 0.1) is 12.0 Å². The number of esters is 3. The molecule has 34 heavy (non-hydrogen) atoms. The summed E-state index contributed by atoms with van der Waals surface area (Å²) in [7, 11) is 0. The molecule has 3 aliphatic rings. The zero-order chi connectivity index (χ0) is 25.6. The summed E-state index contributed by atoms with van der Waals surface area (Å²) < 4.78 is 24.2. The van der Waals surface area contributed by atoms with E-state index in [1.165, 1.54) is 20.8 Å². The van der Waals surface area contributed by atoms with Crippen LogP contribution < -0.4 is 0 Å². The van der Waals surface area contributed by atoms with Gasteiger partial charge >= 0.3 is 17.9 Å². The van der Waals surface area contributed by atoms with Crippen molar-refractivity contribution < 1.29 is 38.1 Å². The largest absolute Gasteiger partial charge is 0.459 e. The first kappa shape index (κ1) is 26.6. The summed E-state index contributed by atoms with van der Waals surface area (Å²) in [5.74, 6) is -2.18. The zero-order valence-corrected chi connectivity index (χ0v) is 21.8. The van der Waals surface area contributed by atoms with Gasteiger partial charge in [-0.25, -0.2) is 0 Å². The van der Waals surface area contributed by atoms with Crippen LogP contribution >= 0.6 is 0 Å². The predicted molar refractivity (Wildman–Crippen MR) is 123 cm³/mol. The molecule has 0 radical (unpaired) electrons. The van der Waals surface area contributed by atoms with Crippen LogP contribution in [0.4, 0.5) is 0 Å². The van der Waals surface area contributed by atoms with Crippen LogP contribution in [0.5, 0.6) is 0 Å². The molecule has 0 N–H and O–H groups in total. The van der Waals surface area contributed by atoms with Crippen LogP contribution in [0.3, 0.4) is 0 Å². The molecule has 0 spiro atoms. The maximum atomic E-state index is 14.1. The Balaban J connectivity index is 2.21. The van der Waals surface area contributed by atoms with Gasteiger partial charge in [-0.2, -0.15) is 0 Å². The van der Waals surface area contributed by atoms with E-state index in [0.29, 0.717) is 19.3 Å². The summed E-state index contributed by atoms with van der Waals surface area (Å²) in [6.07, 6.45) is 1.08. The maximum absolute atomic E-state index is 14.1. The summed E-state index contributed by atoms with van der Waals surface area (Å²) in [6.45, 7) is 13.7. The Kier molecular flexibility index (Phi) is 7.25. The van der Waals surface area contributed by atoms with Crippen molar-refractivity contribution in [3.63, 3.8) is 0 Å². The number of carbonyl (C=O) groups is 4. The first-order chi connectivity index (χ1) is 15.6. The average Bonchev–Trinajstić information content (AvgIpc) is 2.64. The minimum absolute atomic E-state index is 0.0307. The summed E-state index contributed by atoms with van der Waals surface area (Å²) in [6, 6.07) is 0. The predicted octanol–water partition coefficient (Wildman–Crippen LogP) is 3.77. The molecule has 192 valence electrons. The topological polar surface area (TPSA) is 105 Å². The normalized spacial score (nSPS) is 42.1. The Morgan fingerprint density at radius 1 is 0.853 bits per heavy atom. The second kappa shape index (κ2) is 9.25. The molecule has 8 heteroatoms. The number of carbonyl (C=O) groups excluding carboxylic acids is 4. The van der Waals surface area contributed by atoms with E-state index in [1.54, 1.807) is 6.92 Å². The first-order valence-electron chi connectivity index (χ1n) is 12.4. The molecule has 1 aliphatic carbocycles. The van der Waals surface area contributed by atoms with Gasteiger partial charge < -0.3 is 18.9 Å². The molecule has 2 saturated heterocycles. The lowest BCUT2D eigenvalue weighted by Crippen LogP contribution is -2.68. The second-order valence-corrected chi connectivity index (χ2v) is 11.4. The van der Waals surface area contributed by atoms with E-state index in [0.717, 1.165) is 6.42 Å². The van der Waals surface area contributed by atoms with Gasteiger partial charge in [0.25, 0.3) is 0 Å². The maximum Gasteiger partial charge on any atom is 0.303 e. The second-order valence-electron chi connectivity index (χ2n) is 11.4. The molecule has 0 unspecified atom stereocenters. The molecule has 0 amide bonds. The minimum atomic E-state index is -1.18. The van der Waals surface area contributed by atoms with Crippen molar-refractivity contribution in [3.05, 3.63) is 0 Å². The van der Waals surface area contributed by atoms with Crippen LogP contribution in [-0.2, 0) is 38.1 Å². The molecular weight excluding hydrogens is 440 g/mol. The molecule has 0 aromatic heterocycles. The molecule has 0 aromatic carbocycles. The van der Waals surface area contributed by atoms with Gasteiger partial charge in [0.2, 0.25) is 0 Å². The highest BCUT2D eigenvalue weighted by molar-refractivity contribution is 5.85. The van der Waals surface area contributed by atoms with Crippen LogP contribution in [0.25, 0.3) is 0 Å². The number of rotatable bonds is 4. The molecule has 3 fully saturated rings. The Bertz CT molecular complexity index is 852. The van der Waals surface area contributed by atoms with E-state index in [2.05, 4.69) is 13.8 Å². The Labute approximate surface area is 202 Å². The highest BCUT2D eigenvalue weighted by atomic mass is 16.6. The molecule has 2 heterocycles. The standard InChI is InChI=1S/C26H40O8/c1-14(2)18-9-11-24(6,32-15(3)27)22-19(30)13-26(8,34-17(5)29)20-10-12-25(7,33-16(4)28)23(31-20)21(18)22/h14,18,20-23H,9-13H2,1-8H3/t18-,20-,21-,22-,23-,24-,25-,26-/m1/s1. The van der Waals surface area contributed by atoms with Crippen molar-refractivity contribution in [3.8, 4) is 0 Å². The van der Waals surface area contributed by atoms with Crippen LogP contribution in [0.1, 0.15) is 87.5 Å². The summed E-state index contributed by atoms with van der Waals surface area (Å²) >= 11 is 0. The summed E-state index contributed by atoms with van der Waals surface area (Å²) in [4.78, 5) is 50.4. The number of hydrogen-bond donors (Lipinski definition) is 0. The van der Waals surface area contributed by atoms with Crippen molar-refractivity contribution in [1.29, 1.82) is 0 Å².